The Hall–Kier alpha value is -3.21. The Morgan fingerprint density at radius 3 is 2.66 bits per heavy atom. The Bertz CT molecular complexity index is 1720. The van der Waals surface area contributed by atoms with Crippen LogP contribution in [-0.2, 0) is 0 Å². The average molecular weight is 408 g/mol. The molecule has 0 aliphatic carbocycles. The van der Waals surface area contributed by atoms with Gasteiger partial charge in [-0.1, -0.05) is 30.3 Å². The summed E-state index contributed by atoms with van der Waals surface area (Å²) in [5, 5.41) is 9.75. The van der Waals surface area contributed by atoms with Gasteiger partial charge < -0.3 is 4.42 Å². The van der Waals surface area contributed by atoms with Crippen LogP contribution in [0.3, 0.4) is 0 Å². The van der Waals surface area contributed by atoms with Crippen LogP contribution in [0.5, 0.6) is 0 Å². The number of pyridine rings is 1. The highest BCUT2D eigenvalue weighted by Gasteiger charge is 2.17. The van der Waals surface area contributed by atoms with Crippen molar-refractivity contribution in [2.24, 2.45) is 0 Å². The van der Waals surface area contributed by atoms with Crippen LogP contribution in [0.2, 0.25) is 0 Å². The SMILES string of the molecule is c1ccc2c(-c3cc4occc4c4c3ccc3c5cccnc5sc34)csc2c1. The summed E-state index contributed by atoms with van der Waals surface area (Å²) in [5.74, 6) is 0. The van der Waals surface area contributed by atoms with Gasteiger partial charge in [0.1, 0.15) is 10.4 Å². The van der Waals surface area contributed by atoms with Crippen LogP contribution >= 0.6 is 22.7 Å². The molecular weight excluding hydrogens is 394 g/mol. The number of fused-ring (bicyclic) bond motifs is 8. The van der Waals surface area contributed by atoms with Crippen LogP contribution < -0.4 is 0 Å². The molecule has 0 saturated carbocycles. The highest BCUT2D eigenvalue weighted by Crippen LogP contribution is 2.45. The van der Waals surface area contributed by atoms with Crippen molar-refractivity contribution in [1.29, 1.82) is 0 Å². The fourth-order valence-corrected chi connectivity index (χ4v) is 6.59. The molecule has 0 aliphatic heterocycles. The summed E-state index contributed by atoms with van der Waals surface area (Å²) >= 11 is 3.56. The second-order valence-electron chi connectivity index (χ2n) is 7.23. The van der Waals surface area contributed by atoms with Gasteiger partial charge >= 0.3 is 0 Å². The van der Waals surface area contributed by atoms with Gasteiger partial charge in [-0.25, -0.2) is 4.98 Å². The lowest BCUT2D eigenvalue weighted by Crippen LogP contribution is -1.82. The Balaban J connectivity index is 1.71. The zero-order valence-electron chi connectivity index (χ0n) is 15.2. The third-order valence-electron chi connectivity index (χ3n) is 5.72. The molecule has 0 aliphatic rings. The summed E-state index contributed by atoms with van der Waals surface area (Å²) in [6.07, 6.45) is 3.67. The van der Waals surface area contributed by atoms with Crippen LogP contribution in [0, 0.1) is 0 Å². The van der Waals surface area contributed by atoms with E-state index in [2.05, 4.69) is 65.0 Å². The molecule has 4 heterocycles. The van der Waals surface area contributed by atoms with Crippen molar-refractivity contribution in [3.63, 3.8) is 0 Å². The minimum absolute atomic E-state index is 0.931. The van der Waals surface area contributed by atoms with Gasteiger partial charge in [0, 0.05) is 48.1 Å². The molecule has 0 amide bonds. The first kappa shape index (κ1) is 15.7. The van der Waals surface area contributed by atoms with Crippen molar-refractivity contribution < 1.29 is 4.42 Å². The van der Waals surface area contributed by atoms with E-state index in [1.54, 1.807) is 28.9 Å². The minimum Gasteiger partial charge on any atom is -0.464 e. The molecule has 0 fully saturated rings. The van der Waals surface area contributed by atoms with E-state index in [-0.39, 0.29) is 0 Å². The van der Waals surface area contributed by atoms with Crippen LogP contribution in [0.4, 0.5) is 0 Å². The lowest BCUT2D eigenvalue weighted by molar-refractivity contribution is 0.616. The van der Waals surface area contributed by atoms with Crippen molar-refractivity contribution in [2.45, 2.75) is 0 Å². The fraction of sp³-hybridized carbons (Fsp3) is 0. The summed E-state index contributed by atoms with van der Waals surface area (Å²) < 4.78 is 8.48. The number of hydrogen-bond donors (Lipinski definition) is 0. The summed E-state index contributed by atoms with van der Waals surface area (Å²) in [4.78, 5) is 5.68. The molecule has 3 aromatic carbocycles. The maximum atomic E-state index is 5.89. The van der Waals surface area contributed by atoms with Gasteiger partial charge in [0.2, 0.25) is 0 Å². The molecule has 0 atom stereocenters. The number of hydrogen-bond acceptors (Lipinski definition) is 4. The predicted molar refractivity (Wildman–Crippen MR) is 125 cm³/mol. The predicted octanol–water partition coefficient (Wildman–Crippen LogP) is 8.23. The fourth-order valence-electron chi connectivity index (χ4n) is 4.42. The third kappa shape index (κ3) is 2.07. The smallest absolute Gasteiger partial charge is 0.135 e. The van der Waals surface area contributed by atoms with E-state index in [0.29, 0.717) is 0 Å². The highest BCUT2D eigenvalue weighted by molar-refractivity contribution is 7.26. The number of thiophene rings is 2. The summed E-state index contributed by atoms with van der Waals surface area (Å²) in [7, 11) is 0. The molecule has 29 heavy (non-hydrogen) atoms. The third-order valence-corrected chi connectivity index (χ3v) is 7.83. The first-order valence-corrected chi connectivity index (χ1v) is 11.1. The van der Waals surface area contributed by atoms with Crippen LogP contribution in [-0.4, -0.2) is 4.98 Å². The van der Waals surface area contributed by atoms with Crippen molar-refractivity contribution in [2.75, 3.05) is 0 Å². The van der Waals surface area contributed by atoms with Crippen LogP contribution in [0.15, 0.2) is 82.9 Å². The van der Waals surface area contributed by atoms with Crippen molar-refractivity contribution in [3.8, 4) is 11.1 Å². The van der Waals surface area contributed by atoms with Gasteiger partial charge in [0.05, 0.1) is 6.26 Å². The number of furan rings is 1. The van der Waals surface area contributed by atoms with E-state index >= 15 is 0 Å². The number of nitrogens with zero attached hydrogens (tertiary/aromatic N) is 1. The Morgan fingerprint density at radius 1 is 0.759 bits per heavy atom. The topological polar surface area (TPSA) is 26.0 Å². The summed E-state index contributed by atoms with van der Waals surface area (Å²) in [6.45, 7) is 0. The first-order valence-electron chi connectivity index (χ1n) is 9.45. The average Bonchev–Trinajstić information content (AvgIpc) is 3.48. The molecule has 2 nitrogen and oxygen atoms in total. The number of rotatable bonds is 1. The lowest BCUT2D eigenvalue weighted by atomic mass is 9.94. The molecular formula is C25H13NOS2. The van der Waals surface area contributed by atoms with Gasteiger partial charge in [-0.3, -0.25) is 0 Å². The van der Waals surface area contributed by atoms with E-state index in [1.165, 1.54) is 52.8 Å². The normalized spacial score (nSPS) is 12.1. The van der Waals surface area contributed by atoms with Gasteiger partial charge in [0.15, 0.2) is 0 Å². The first-order chi connectivity index (χ1) is 14.4. The zero-order chi connectivity index (χ0) is 18.9. The molecule has 0 bridgehead atoms. The number of aromatic nitrogens is 1. The molecule has 7 rings (SSSR count). The second kappa shape index (κ2) is 5.66. The molecule has 7 aromatic rings. The van der Waals surface area contributed by atoms with Gasteiger partial charge in [-0.2, -0.15) is 0 Å². The standard InChI is InChI=1S/C25H13NOS2/c1-2-6-22-14(4-1)20(13-28-22)19-12-21-18(9-11-27-21)23-15(19)7-8-16-17-5-3-10-26-25(17)29-24(16)23/h1-13H. The highest BCUT2D eigenvalue weighted by atomic mass is 32.1. The van der Waals surface area contributed by atoms with Crippen LogP contribution in [0.1, 0.15) is 0 Å². The van der Waals surface area contributed by atoms with Crippen molar-refractivity contribution >= 4 is 74.8 Å². The van der Waals surface area contributed by atoms with E-state index in [9.17, 15) is 0 Å². The summed E-state index contributed by atoms with van der Waals surface area (Å²) in [5.41, 5.74) is 3.43. The second-order valence-corrected chi connectivity index (χ2v) is 9.14. The quantitative estimate of drug-likeness (QED) is 0.274. The largest absolute Gasteiger partial charge is 0.464 e. The van der Waals surface area contributed by atoms with Crippen molar-refractivity contribution in [1.82, 2.24) is 4.98 Å². The van der Waals surface area contributed by atoms with Gasteiger partial charge in [-0.15, -0.1) is 22.7 Å². The van der Waals surface area contributed by atoms with Gasteiger partial charge in [0.25, 0.3) is 0 Å². The zero-order valence-corrected chi connectivity index (χ0v) is 16.8. The lowest BCUT2D eigenvalue weighted by Gasteiger charge is -2.09. The molecule has 4 heteroatoms. The maximum absolute atomic E-state index is 5.89. The molecule has 0 N–H and O–H groups in total. The van der Waals surface area contributed by atoms with E-state index in [1.807, 2.05) is 12.3 Å². The molecule has 0 saturated heterocycles. The Morgan fingerprint density at radius 2 is 1.66 bits per heavy atom. The number of benzene rings is 3. The Labute approximate surface area is 173 Å². The van der Waals surface area contributed by atoms with Crippen molar-refractivity contribution in [3.05, 3.63) is 78.5 Å². The maximum Gasteiger partial charge on any atom is 0.135 e. The Kier molecular flexibility index (Phi) is 3.06. The molecule has 0 radical (unpaired) electrons. The minimum atomic E-state index is 0.931. The van der Waals surface area contributed by atoms with E-state index < -0.39 is 0 Å². The van der Waals surface area contributed by atoms with E-state index in [0.717, 1.165) is 10.4 Å². The molecule has 0 unspecified atom stereocenters. The molecule has 4 aromatic heterocycles. The summed E-state index contributed by atoms with van der Waals surface area (Å²) in [6, 6.07) is 21.6. The molecule has 0 spiro atoms. The molecule has 136 valence electrons. The van der Waals surface area contributed by atoms with Gasteiger partial charge in [-0.05, 0) is 46.7 Å². The van der Waals surface area contributed by atoms with Crippen LogP contribution in [0.25, 0.3) is 63.3 Å². The van der Waals surface area contributed by atoms with E-state index in [4.69, 9.17) is 4.42 Å². The monoisotopic (exact) mass is 407 g/mol.